The highest BCUT2D eigenvalue weighted by molar-refractivity contribution is 9.10. The zero-order valence-electron chi connectivity index (χ0n) is 10.7. The number of aryl methyl sites for hydroxylation is 2. The molecule has 1 aromatic rings. The van der Waals surface area contributed by atoms with Crippen LogP contribution in [0.4, 0.5) is 0 Å². The lowest BCUT2D eigenvalue weighted by Gasteiger charge is -2.27. The largest absolute Gasteiger partial charge is 0.314 e. The summed E-state index contributed by atoms with van der Waals surface area (Å²) in [7, 11) is 0. The Bertz CT molecular complexity index is 369. The van der Waals surface area contributed by atoms with Crippen LogP contribution >= 0.6 is 15.9 Å². The van der Waals surface area contributed by atoms with Gasteiger partial charge in [0.25, 0.3) is 0 Å². The number of hydrogen-bond donors (Lipinski definition) is 1. The number of halogens is 1. The Balaban J connectivity index is 2.15. The molecular formula is C12H21BrN4. The molecule has 0 saturated carbocycles. The average Bonchev–Trinajstić information content (AvgIpc) is 2.68. The maximum atomic E-state index is 4.64. The molecule has 1 fully saturated rings. The summed E-state index contributed by atoms with van der Waals surface area (Å²) in [6, 6.07) is 0. The number of hydrogen-bond acceptors (Lipinski definition) is 3. The predicted molar refractivity (Wildman–Crippen MR) is 73.1 cm³/mol. The van der Waals surface area contributed by atoms with E-state index in [4.69, 9.17) is 0 Å². The summed E-state index contributed by atoms with van der Waals surface area (Å²) in [5, 5.41) is 8.02. The molecule has 96 valence electrons. The van der Waals surface area contributed by atoms with Crippen molar-refractivity contribution in [2.24, 2.45) is 0 Å². The molecule has 1 saturated heterocycles. The Morgan fingerprint density at radius 3 is 2.59 bits per heavy atom. The number of aromatic nitrogens is 2. The first kappa shape index (κ1) is 13.1. The van der Waals surface area contributed by atoms with Crippen LogP contribution < -0.4 is 5.32 Å². The monoisotopic (exact) mass is 300 g/mol. The molecule has 0 aromatic carbocycles. The molecule has 17 heavy (non-hydrogen) atoms. The minimum absolute atomic E-state index is 0.944. The van der Waals surface area contributed by atoms with Crippen molar-refractivity contribution in [3.05, 3.63) is 15.9 Å². The third-order valence-corrected chi connectivity index (χ3v) is 4.19. The summed E-state index contributed by atoms with van der Waals surface area (Å²) in [6.45, 7) is 10.7. The molecule has 0 bridgehead atoms. The first-order valence-electron chi connectivity index (χ1n) is 6.43. The van der Waals surface area contributed by atoms with E-state index in [1.807, 2.05) is 0 Å². The van der Waals surface area contributed by atoms with E-state index in [1.54, 1.807) is 0 Å². The van der Waals surface area contributed by atoms with Crippen LogP contribution in [0.15, 0.2) is 4.47 Å². The first-order chi connectivity index (χ1) is 8.26. The summed E-state index contributed by atoms with van der Waals surface area (Å²) >= 11 is 3.70. The SMILES string of the molecule is CCc1nn(CC)c(CN2CCNCC2)c1Br. The van der Waals surface area contributed by atoms with E-state index in [2.05, 4.69) is 49.8 Å². The zero-order chi connectivity index (χ0) is 12.3. The number of rotatable bonds is 4. The number of piperazine rings is 1. The van der Waals surface area contributed by atoms with Crippen molar-refractivity contribution < 1.29 is 0 Å². The van der Waals surface area contributed by atoms with Gasteiger partial charge in [0.2, 0.25) is 0 Å². The summed E-state index contributed by atoms with van der Waals surface area (Å²) in [5.41, 5.74) is 2.50. The molecule has 1 aliphatic heterocycles. The summed E-state index contributed by atoms with van der Waals surface area (Å²) < 4.78 is 3.34. The van der Waals surface area contributed by atoms with Crippen LogP contribution in [0.5, 0.6) is 0 Å². The van der Waals surface area contributed by atoms with Crippen molar-refractivity contribution in [1.29, 1.82) is 0 Å². The van der Waals surface area contributed by atoms with Gasteiger partial charge in [-0.2, -0.15) is 5.10 Å². The molecule has 1 aliphatic rings. The number of nitrogens with one attached hydrogen (secondary N) is 1. The van der Waals surface area contributed by atoms with Gasteiger partial charge in [0.05, 0.1) is 15.9 Å². The van der Waals surface area contributed by atoms with E-state index in [0.717, 1.165) is 45.7 Å². The minimum Gasteiger partial charge on any atom is -0.314 e. The Labute approximate surface area is 111 Å². The lowest BCUT2D eigenvalue weighted by Crippen LogP contribution is -2.43. The van der Waals surface area contributed by atoms with Gasteiger partial charge in [0, 0.05) is 39.3 Å². The Hall–Kier alpha value is -0.390. The highest BCUT2D eigenvalue weighted by atomic mass is 79.9. The zero-order valence-corrected chi connectivity index (χ0v) is 12.3. The van der Waals surface area contributed by atoms with Crippen LogP contribution in [0.2, 0.25) is 0 Å². The maximum absolute atomic E-state index is 4.64. The minimum atomic E-state index is 0.944. The molecule has 0 atom stereocenters. The third kappa shape index (κ3) is 2.89. The molecule has 1 aromatic heterocycles. The molecule has 0 amide bonds. The predicted octanol–water partition coefficient (Wildman–Crippen LogP) is 1.63. The Morgan fingerprint density at radius 1 is 1.29 bits per heavy atom. The van der Waals surface area contributed by atoms with Gasteiger partial charge in [0.15, 0.2) is 0 Å². The van der Waals surface area contributed by atoms with Gasteiger partial charge in [-0.25, -0.2) is 0 Å². The van der Waals surface area contributed by atoms with Crippen LogP contribution in [0.3, 0.4) is 0 Å². The average molecular weight is 301 g/mol. The standard InChI is InChI=1S/C12H21BrN4/c1-3-10-12(13)11(17(4-2)15-10)9-16-7-5-14-6-8-16/h14H,3-9H2,1-2H3. The van der Waals surface area contributed by atoms with Gasteiger partial charge in [0.1, 0.15) is 0 Å². The third-order valence-electron chi connectivity index (χ3n) is 3.28. The molecule has 0 radical (unpaired) electrons. The molecular weight excluding hydrogens is 280 g/mol. The molecule has 2 heterocycles. The van der Waals surface area contributed by atoms with Crippen LogP contribution in [0.1, 0.15) is 25.2 Å². The molecule has 5 heteroatoms. The van der Waals surface area contributed by atoms with Gasteiger partial charge in [-0.05, 0) is 29.3 Å². The van der Waals surface area contributed by atoms with Crippen LogP contribution in [-0.4, -0.2) is 40.9 Å². The van der Waals surface area contributed by atoms with E-state index >= 15 is 0 Å². The van der Waals surface area contributed by atoms with Gasteiger partial charge >= 0.3 is 0 Å². The molecule has 0 aliphatic carbocycles. The quantitative estimate of drug-likeness (QED) is 0.918. The first-order valence-corrected chi connectivity index (χ1v) is 7.22. The van der Waals surface area contributed by atoms with Crippen molar-refractivity contribution >= 4 is 15.9 Å². The molecule has 2 rings (SSSR count). The van der Waals surface area contributed by atoms with Crippen molar-refractivity contribution in [1.82, 2.24) is 20.0 Å². The number of nitrogens with zero attached hydrogens (tertiary/aromatic N) is 3. The summed E-state index contributed by atoms with van der Waals surface area (Å²) in [6.07, 6.45) is 0.988. The second-order valence-electron chi connectivity index (χ2n) is 4.40. The Kier molecular flexibility index (Phi) is 4.59. The highest BCUT2D eigenvalue weighted by Gasteiger charge is 2.18. The van der Waals surface area contributed by atoms with E-state index in [0.29, 0.717) is 0 Å². The van der Waals surface area contributed by atoms with Crippen molar-refractivity contribution in [2.45, 2.75) is 33.4 Å². The molecule has 0 unspecified atom stereocenters. The van der Waals surface area contributed by atoms with Crippen LogP contribution in [0.25, 0.3) is 0 Å². The van der Waals surface area contributed by atoms with Gasteiger partial charge in [-0.3, -0.25) is 9.58 Å². The fourth-order valence-corrected chi connectivity index (χ4v) is 2.94. The maximum Gasteiger partial charge on any atom is 0.0767 e. The van der Waals surface area contributed by atoms with Gasteiger partial charge in [-0.15, -0.1) is 0 Å². The van der Waals surface area contributed by atoms with Crippen molar-refractivity contribution in [2.75, 3.05) is 26.2 Å². The van der Waals surface area contributed by atoms with E-state index in [9.17, 15) is 0 Å². The highest BCUT2D eigenvalue weighted by Crippen LogP contribution is 2.23. The van der Waals surface area contributed by atoms with Crippen molar-refractivity contribution in [3.8, 4) is 0 Å². The fourth-order valence-electron chi connectivity index (χ4n) is 2.25. The van der Waals surface area contributed by atoms with Crippen LogP contribution in [-0.2, 0) is 19.5 Å². The van der Waals surface area contributed by atoms with E-state index in [-0.39, 0.29) is 0 Å². The summed E-state index contributed by atoms with van der Waals surface area (Å²) in [4.78, 5) is 2.49. The van der Waals surface area contributed by atoms with Crippen molar-refractivity contribution in [3.63, 3.8) is 0 Å². The molecule has 0 spiro atoms. The molecule has 1 N–H and O–H groups in total. The van der Waals surface area contributed by atoms with E-state index < -0.39 is 0 Å². The van der Waals surface area contributed by atoms with Crippen LogP contribution in [0, 0.1) is 0 Å². The van der Waals surface area contributed by atoms with Gasteiger partial charge in [-0.1, -0.05) is 6.92 Å². The molecule has 4 nitrogen and oxygen atoms in total. The summed E-state index contributed by atoms with van der Waals surface area (Å²) in [5.74, 6) is 0. The topological polar surface area (TPSA) is 33.1 Å². The second kappa shape index (κ2) is 5.98. The fraction of sp³-hybridized carbons (Fsp3) is 0.750. The van der Waals surface area contributed by atoms with E-state index in [1.165, 1.54) is 15.9 Å². The second-order valence-corrected chi connectivity index (χ2v) is 5.20. The normalized spacial score (nSPS) is 17.6. The van der Waals surface area contributed by atoms with Gasteiger partial charge < -0.3 is 5.32 Å². The smallest absolute Gasteiger partial charge is 0.0767 e. The lowest BCUT2D eigenvalue weighted by atomic mass is 10.2. The Morgan fingerprint density at radius 2 is 2.00 bits per heavy atom. The lowest BCUT2D eigenvalue weighted by molar-refractivity contribution is 0.226.